The van der Waals surface area contributed by atoms with Crippen molar-refractivity contribution in [2.24, 2.45) is 0 Å². The Hall–Kier alpha value is -2.81. The second kappa shape index (κ2) is 10.9. The number of halogens is 1. The second-order valence-corrected chi connectivity index (χ2v) is 9.51. The summed E-state index contributed by atoms with van der Waals surface area (Å²) in [6.07, 6.45) is 1.81. The lowest BCUT2D eigenvalue weighted by Gasteiger charge is -2.14. The minimum atomic E-state index is -0.138. The van der Waals surface area contributed by atoms with Crippen LogP contribution in [0, 0.1) is 0 Å². The first kappa shape index (κ1) is 23.4. The molecule has 1 aliphatic rings. The minimum Gasteiger partial charge on any atom is -0.493 e. The van der Waals surface area contributed by atoms with Gasteiger partial charge in [-0.05, 0) is 60.2 Å². The van der Waals surface area contributed by atoms with E-state index in [9.17, 15) is 4.79 Å². The molecular formula is C25H20BrNO4S2. The van der Waals surface area contributed by atoms with Crippen LogP contribution in [0.1, 0.15) is 5.56 Å². The maximum absolute atomic E-state index is 12.9. The molecule has 1 heterocycles. The lowest BCUT2D eigenvalue weighted by molar-refractivity contribution is -0.113. The minimum absolute atomic E-state index is 0.138. The number of ether oxygens (including phenoxy) is 3. The number of hydrogen-bond donors (Lipinski definition) is 0. The van der Waals surface area contributed by atoms with Crippen LogP contribution in [-0.2, 0) is 4.79 Å². The van der Waals surface area contributed by atoms with Crippen molar-refractivity contribution in [3.05, 3.63) is 87.7 Å². The van der Waals surface area contributed by atoms with Gasteiger partial charge in [-0.25, -0.2) is 0 Å². The zero-order valence-corrected chi connectivity index (χ0v) is 20.9. The van der Waals surface area contributed by atoms with Crippen LogP contribution in [-0.4, -0.2) is 30.6 Å². The van der Waals surface area contributed by atoms with E-state index in [4.69, 9.17) is 26.4 Å². The Morgan fingerprint density at radius 1 is 0.970 bits per heavy atom. The first-order chi connectivity index (χ1) is 16.0. The quantitative estimate of drug-likeness (QED) is 0.189. The SMILES string of the molecule is COc1cc(C=C2SC(=S)N(c3ccccc3)C2=O)ccc1OCCOc1ccc(Br)cc1. The van der Waals surface area contributed by atoms with Crippen molar-refractivity contribution in [3.63, 3.8) is 0 Å². The van der Waals surface area contributed by atoms with E-state index in [-0.39, 0.29) is 5.91 Å². The molecule has 168 valence electrons. The molecule has 1 amide bonds. The molecule has 4 rings (SSSR count). The highest BCUT2D eigenvalue weighted by Gasteiger charge is 2.33. The molecule has 8 heteroatoms. The number of hydrogen-bond acceptors (Lipinski definition) is 6. The summed E-state index contributed by atoms with van der Waals surface area (Å²) in [5.41, 5.74) is 1.58. The van der Waals surface area contributed by atoms with Crippen molar-refractivity contribution in [2.75, 3.05) is 25.2 Å². The van der Waals surface area contributed by atoms with Gasteiger partial charge in [-0.2, -0.15) is 0 Å². The first-order valence-corrected chi connectivity index (χ1v) is 12.1. The first-order valence-electron chi connectivity index (χ1n) is 10.1. The van der Waals surface area contributed by atoms with E-state index in [0.29, 0.717) is 33.9 Å². The highest BCUT2D eigenvalue weighted by molar-refractivity contribution is 9.10. The highest BCUT2D eigenvalue weighted by Crippen LogP contribution is 2.37. The molecule has 0 saturated carbocycles. The van der Waals surface area contributed by atoms with Crippen LogP contribution in [0.3, 0.4) is 0 Å². The highest BCUT2D eigenvalue weighted by atomic mass is 79.9. The Bertz CT molecular complexity index is 1180. The van der Waals surface area contributed by atoms with Gasteiger partial charge in [-0.3, -0.25) is 9.69 Å². The molecule has 0 N–H and O–H groups in total. The zero-order valence-electron chi connectivity index (χ0n) is 17.7. The Balaban J connectivity index is 1.41. The summed E-state index contributed by atoms with van der Waals surface area (Å²) in [7, 11) is 1.58. The zero-order chi connectivity index (χ0) is 23.2. The monoisotopic (exact) mass is 541 g/mol. The van der Waals surface area contributed by atoms with Gasteiger partial charge in [0.1, 0.15) is 19.0 Å². The van der Waals surface area contributed by atoms with Crippen molar-refractivity contribution in [2.45, 2.75) is 0 Å². The van der Waals surface area contributed by atoms with Gasteiger partial charge in [0.25, 0.3) is 5.91 Å². The number of amides is 1. The Morgan fingerprint density at radius 3 is 2.42 bits per heavy atom. The average molecular weight is 542 g/mol. The van der Waals surface area contributed by atoms with E-state index in [1.165, 1.54) is 11.8 Å². The predicted molar refractivity (Wildman–Crippen MR) is 140 cm³/mol. The lowest BCUT2D eigenvalue weighted by atomic mass is 10.2. The summed E-state index contributed by atoms with van der Waals surface area (Å²) in [6.45, 7) is 0.760. The number of carbonyl (C=O) groups is 1. The Kier molecular flexibility index (Phi) is 7.69. The fourth-order valence-electron chi connectivity index (χ4n) is 3.15. The molecule has 1 saturated heterocycles. The molecule has 0 aromatic heterocycles. The van der Waals surface area contributed by atoms with Crippen molar-refractivity contribution < 1.29 is 19.0 Å². The van der Waals surface area contributed by atoms with Gasteiger partial charge in [0.15, 0.2) is 15.8 Å². The summed E-state index contributed by atoms with van der Waals surface area (Å²) in [5.74, 6) is 1.81. The van der Waals surface area contributed by atoms with Gasteiger partial charge in [-0.15, -0.1) is 0 Å². The number of anilines is 1. The summed E-state index contributed by atoms with van der Waals surface area (Å²) in [6, 6.07) is 22.5. The molecule has 1 fully saturated rings. The van der Waals surface area contributed by atoms with Gasteiger partial charge in [0.05, 0.1) is 17.7 Å². The summed E-state index contributed by atoms with van der Waals surface area (Å²) < 4.78 is 18.5. The van der Waals surface area contributed by atoms with Gasteiger partial charge in [0, 0.05) is 4.47 Å². The average Bonchev–Trinajstić information content (AvgIpc) is 3.11. The number of benzene rings is 3. The van der Waals surface area contributed by atoms with E-state index in [2.05, 4.69) is 15.9 Å². The predicted octanol–water partition coefficient (Wildman–Crippen LogP) is 6.32. The molecule has 5 nitrogen and oxygen atoms in total. The number of thiocarbonyl (C=S) groups is 1. The van der Waals surface area contributed by atoms with Gasteiger partial charge in [0.2, 0.25) is 0 Å². The van der Waals surface area contributed by atoms with Crippen molar-refractivity contribution in [1.29, 1.82) is 0 Å². The summed E-state index contributed by atoms with van der Waals surface area (Å²) in [4.78, 5) is 15.0. The standard InChI is InChI=1S/C25H20BrNO4S2/c1-29-22-15-17(7-12-21(22)31-14-13-30-20-10-8-18(26)9-11-20)16-23-24(28)27(25(32)33-23)19-5-3-2-4-6-19/h2-12,15-16H,13-14H2,1H3. The largest absolute Gasteiger partial charge is 0.493 e. The van der Waals surface area contributed by atoms with Crippen molar-refractivity contribution >= 4 is 61.9 Å². The molecule has 3 aromatic carbocycles. The maximum atomic E-state index is 12.9. The molecule has 0 atom stereocenters. The fraction of sp³-hybridized carbons (Fsp3) is 0.120. The van der Waals surface area contributed by atoms with Crippen LogP contribution >= 0.6 is 39.9 Å². The number of rotatable bonds is 8. The van der Waals surface area contributed by atoms with Crippen molar-refractivity contribution in [3.8, 4) is 17.2 Å². The number of carbonyl (C=O) groups excluding carboxylic acids is 1. The van der Waals surface area contributed by atoms with Crippen LogP contribution in [0.2, 0.25) is 0 Å². The van der Waals surface area contributed by atoms with E-state index in [1.54, 1.807) is 12.0 Å². The smallest absolute Gasteiger partial charge is 0.270 e. The Labute approximate surface area is 210 Å². The molecule has 0 bridgehead atoms. The van der Waals surface area contributed by atoms with Crippen LogP contribution in [0.25, 0.3) is 6.08 Å². The third kappa shape index (κ3) is 5.76. The number of methoxy groups -OCH3 is 1. The van der Waals surface area contributed by atoms with Crippen LogP contribution in [0.5, 0.6) is 17.2 Å². The molecule has 0 aliphatic carbocycles. The van der Waals surface area contributed by atoms with E-state index in [1.807, 2.05) is 78.9 Å². The van der Waals surface area contributed by atoms with Gasteiger partial charge < -0.3 is 14.2 Å². The second-order valence-electron chi connectivity index (χ2n) is 6.91. The van der Waals surface area contributed by atoms with Crippen LogP contribution < -0.4 is 19.1 Å². The molecule has 33 heavy (non-hydrogen) atoms. The molecular weight excluding hydrogens is 522 g/mol. The van der Waals surface area contributed by atoms with E-state index < -0.39 is 0 Å². The van der Waals surface area contributed by atoms with Gasteiger partial charge in [-0.1, -0.05) is 64.2 Å². The topological polar surface area (TPSA) is 48.0 Å². The Morgan fingerprint density at radius 2 is 1.70 bits per heavy atom. The van der Waals surface area contributed by atoms with Crippen molar-refractivity contribution in [1.82, 2.24) is 0 Å². The molecule has 1 aliphatic heterocycles. The van der Waals surface area contributed by atoms with Gasteiger partial charge >= 0.3 is 0 Å². The molecule has 3 aromatic rings. The van der Waals surface area contributed by atoms with E-state index in [0.717, 1.165) is 21.5 Å². The number of para-hydroxylation sites is 1. The third-order valence-electron chi connectivity index (χ3n) is 4.72. The fourth-order valence-corrected chi connectivity index (χ4v) is 4.72. The van der Waals surface area contributed by atoms with Crippen LogP contribution in [0.4, 0.5) is 5.69 Å². The third-order valence-corrected chi connectivity index (χ3v) is 6.55. The molecule has 0 radical (unpaired) electrons. The number of thioether (sulfide) groups is 1. The number of nitrogens with zero attached hydrogens (tertiary/aromatic N) is 1. The normalized spacial score (nSPS) is 14.6. The van der Waals surface area contributed by atoms with Crippen LogP contribution in [0.15, 0.2) is 82.2 Å². The molecule has 0 unspecified atom stereocenters. The summed E-state index contributed by atoms with van der Waals surface area (Å²) >= 11 is 10.1. The molecule has 0 spiro atoms. The lowest BCUT2D eigenvalue weighted by Crippen LogP contribution is -2.27. The van der Waals surface area contributed by atoms with E-state index >= 15 is 0 Å². The summed E-state index contributed by atoms with van der Waals surface area (Å²) in [5, 5.41) is 0. The maximum Gasteiger partial charge on any atom is 0.270 e.